The lowest BCUT2D eigenvalue weighted by Gasteiger charge is -2.39. The molecule has 0 aliphatic carbocycles. The van der Waals surface area contributed by atoms with Crippen LogP contribution in [0.5, 0.6) is 11.5 Å². The average Bonchev–Trinajstić information content (AvgIpc) is 3.27. The van der Waals surface area contributed by atoms with Gasteiger partial charge in [0, 0.05) is 38.3 Å². The molecule has 5 aromatic rings. The molecule has 0 radical (unpaired) electrons. The van der Waals surface area contributed by atoms with Gasteiger partial charge in [0.15, 0.2) is 17.3 Å². The first-order valence-corrected chi connectivity index (χ1v) is 12.5. The fraction of sp³-hybridized carbons (Fsp3) is 0.269. The van der Waals surface area contributed by atoms with Crippen molar-refractivity contribution >= 4 is 51.1 Å². The van der Waals surface area contributed by atoms with E-state index in [2.05, 4.69) is 49.3 Å². The van der Waals surface area contributed by atoms with Crippen LogP contribution in [-0.2, 0) is 7.05 Å². The van der Waals surface area contributed by atoms with E-state index < -0.39 is 5.82 Å². The van der Waals surface area contributed by atoms with Gasteiger partial charge >= 0.3 is 0 Å². The number of fused-ring (bicyclic) bond motifs is 2. The van der Waals surface area contributed by atoms with E-state index in [1.807, 2.05) is 19.2 Å². The lowest BCUT2D eigenvalue weighted by Crippen LogP contribution is -2.57. The summed E-state index contributed by atoms with van der Waals surface area (Å²) >= 11 is 6.37. The monoisotopic (exact) mass is 533 g/mol. The third-order valence-electron chi connectivity index (χ3n) is 6.42. The highest BCUT2D eigenvalue weighted by molar-refractivity contribution is 6.32. The highest BCUT2D eigenvalue weighted by Crippen LogP contribution is 2.37. The summed E-state index contributed by atoms with van der Waals surface area (Å²) in [6.07, 6.45) is 4.62. The minimum absolute atomic E-state index is 0.0354. The second-order valence-electron chi connectivity index (χ2n) is 9.83. The smallest absolute Gasteiger partial charge is 0.169 e. The number of rotatable bonds is 5. The Morgan fingerprint density at radius 1 is 1.11 bits per heavy atom. The van der Waals surface area contributed by atoms with Crippen molar-refractivity contribution < 1.29 is 9.13 Å². The fourth-order valence-corrected chi connectivity index (χ4v) is 4.75. The summed E-state index contributed by atoms with van der Waals surface area (Å²) in [6.45, 7) is 6.80. The number of hydrogen-bond acceptors (Lipinski definition) is 9. The molecule has 5 heterocycles. The van der Waals surface area contributed by atoms with Gasteiger partial charge < -0.3 is 24.8 Å². The van der Waals surface area contributed by atoms with Gasteiger partial charge in [0.1, 0.15) is 39.7 Å². The van der Waals surface area contributed by atoms with E-state index in [0.717, 1.165) is 25.5 Å². The van der Waals surface area contributed by atoms with Crippen LogP contribution in [0.1, 0.15) is 13.8 Å². The normalized spacial score (nSPS) is 15.2. The molecule has 0 unspecified atom stereocenters. The summed E-state index contributed by atoms with van der Waals surface area (Å²) in [4.78, 5) is 24.3. The number of nitrogens with one attached hydrogen (secondary N) is 2. The Labute approximate surface area is 222 Å². The molecular formula is C26H25ClFN9O. The minimum Gasteiger partial charge on any atom is -0.454 e. The quantitative estimate of drug-likeness (QED) is 0.329. The summed E-state index contributed by atoms with van der Waals surface area (Å²) in [5, 5.41) is 6.36. The number of imidazole rings is 1. The number of aryl methyl sites for hydroxylation is 1. The number of anilines is 3. The molecule has 4 aromatic heterocycles. The number of nitrogens with zero attached hydrogens (tertiary/aromatic N) is 7. The molecule has 194 valence electrons. The molecule has 1 aliphatic heterocycles. The molecule has 1 saturated heterocycles. The molecule has 0 atom stereocenters. The van der Waals surface area contributed by atoms with E-state index in [-0.39, 0.29) is 22.0 Å². The zero-order chi connectivity index (χ0) is 26.4. The van der Waals surface area contributed by atoms with E-state index >= 15 is 4.39 Å². The van der Waals surface area contributed by atoms with Crippen molar-refractivity contribution in [2.45, 2.75) is 19.4 Å². The number of halogens is 2. The molecule has 2 N–H and O–H groups in total. The SMILES string of the molecule is Cn1cnc2cc(Oc3ccc(Nc4ncnc5ccc(N6CCNC(C)(C)C6)nc45)c(F)c3Cl)cnc21. The Kier molecular flexibility index (Phi) is 5.96. The van der Waals surface area contributed by atoms with Crippen LogP contribution in [-0.4, -0.2) is 54.7 Å². The third kappa shape index (κ3) is 4.54. The average molecular weight is 534 g/mol. The number of pyridine rings is 2. The van der Waals surface area contributed by atoms with Crippen LogP contribution in [0.2, 0.25) is 5.02 Å². The van der Waals surface area contributed by atoms with Crippen molar-refractivity contribution in [3.05, 3.63) is 60.0 Å². The molecular weight excluding hydrogens is 509 g/mol. The first kappa shape index (κ1) is 24.3. The summed E-state index contributed by atoms with van der Waals surface area (Å²) in [5.41, 5.74) is 2.65. The second-order valence-corrected chi connectivity index (χ2v) is 10.2. The second kappa shape index (κ2) is 9.34. The largest absolute Gasteiger partial charge is 0.454 e. The van der Waals surface area contributed by atoms with Gasteiger partial charge in [0.25, 0.3) is 0 Å². The van der Waals surface area contributed by atoms with Gasteiger partial charge in [-0.25, -0.2) is 29.3 Å². The van der Waals surface area contributed by atoms with E-state index in [4.69, 9.17) is 21.3 Å². The lowest BCUT2D eigenvalue weighted by molar-refractivity contribution is 0.352. The minimum atomic E-state index is -0.678. The molecule has 38 heavy (non-hydrogen) atoms. The van der Waals surface area contributed by atoms with Gasteiger partial charge in [-0.3, -0.25) is 0 Å². The van der Waals surface area contributed by atoms with Crippen LogP contribution in [0.3, 0.4) is 0 Å². The maximum absolute atomic E-state index is 15.4. The number of piperazine rings is 1. The topological polar surface area (TPSA) is 106 Å². The molecule has 1 aromatic carbocycles. The number of benzene rings is 1. The zero-order valence-corrected chi connectivity index (χ0v) is 21.8. The van der Waals surface area contributed by atoms with Gasteiger partial charge in [0.2, 0.25) is 0 Å². The highest BCUT2D eigenvalue weighted by atomic mass is 35.5. The van der Waals surface area contributed by atoms with Crippen LogP contribution in [0.4, 0.5) is 21.7 Å². The molecule has 6 rings (SSSR count). The maximum atomic E-state index is 15.4. The molecule has 0 bridgehead atoms. The summed E-state index contributed by atoms with van der Waals surface area (Å²) in [5.74, 6) is 1.06. The third-order valence-corrected chi connectivity index (χ3v) is 6.77. The van der Waals surface area contributed by atoms with Crippen LogP contribution >= 0.6 is 11.6 Å². The standard InChI is InChI=1S/C26H25ClFN9O/c1-26(2)12-37(9-8-33-26)20-7-5-17-23(35-20)24(31-13-30-17)34-16-4-6-19(21(27)22(16)28)38-15-10-18-25(29-11-15)36(3)14-32-18/h4-7,10-11,13-14,33H,8-9,12H2,1-3H3,(H,30,31,34). The Morgan fingerprint density at radius 2 is 1.97 bits per heavy atom. The van der Waals surface area contributed by atoms with Crippen molar-refractivity contribution in [1.82, 2.24) is 34.8 Å². The fourth-order valence-electron chi connectivity index (χ4n) is 4.55. The number of ether oxygens (including phenoxy) is 1. The van der Waals surface area contributed by atoms with Gasteiger partial charge in [-0.05, 0) is 38.1 Å². The Hall–Kier alpha value is -4.09. The van der Waals surface area contributed by atoms with E-state index in [0.29, 0.717) is 33.8 Å². The summed E-state index contributed by atoms with van der Waals surface area (Å²) in [6, 6.07) is 8.69. The van der Waals surface area contributed by atoms with Crippen LogP contribution in [0.15, 0.2) is 49.2 Å². The molecule has 1 aliphatic rings. The van der Waals surface area contributed by atoms with E-state index in [1.165, 1.54) is 6.33 Å². The van der Waals surface area contributed by atoms with Crippen LogP contribution in [0, 0.1) is 5.82 Å². The number of hydrogen-bond donors (Lipinski definition) is 2. The van der Waals surface area contributed by atoms with Crippen molar-refractivity contribution in [2.75, 3.05) is 29.9 Å². The van der Waals surface area contributed by atoms with Crippen molar-refractivity contribution in [3.63, 3.8) is 0 Å². The Morgan fingerprint density at radius 3 is 2.82 bits per heavy atom. The Bertz CT molecular complexity index is 1670. The summed E-state index contributed by atoms with van der Waals surface area (Å²) < 4.78 is 23.0. The first-order chi connectivity index (χ1) is 18.3. The first-order valence-electron chi connectivity index (χ1n) is 12.1. The van der Waals surface area contributed by atoms with Crippen LogP contribution < -0.4 is 20.3 Å². The number of aromatic nitrogens is 6. The molecule has 0 spiro atoms. The molecule has 1 fully saturated rings. The predicted molar refractivity (Wildman–Crippen MR) is 145 cm³/mol. The zero-order valence-electron chi connectivity index (χ0n) is 21.0. The van der Waals surface area contributed by atoms with Gasteiger partial charge in [-0.2, -0.15) is 0 Å². The van der Waals surface area contributed by atoms with Gasteiger partial charge in [-0.1, -0.05) is 11.6 Å². The Balaban J connectivity index is 1.28. The lowest BCUT2D eigenvalue weighted by atomic mass is 10.0. The van der Waals surface area contributed by atoms with E-state index in [9.17, 15) is 0 Å². The van der Waals surface area contributed by atoms with Gasteiger partial charge in [-0.15, -0.1) is 0 Å². The van der Waals surface area contributed by atoms with Crippen molar-refractivity contribution in [1.29, 1.82) is 0 Å². The molecule has 0 saturated carbocycles. The van der Waals surface area contributed by atoms with Gasteiger partial charge in [0.05, 0.1) is 23.7 Å². The molecule has 12 heteroatoms. The maximum Gasteiger partial charge on any atom is 0.169 e. The van der Waals surface area contributed by atoms with Crippen molar-refractivity contribution in [2.24, 2.45) is 7.05 Å². The molecule has 0 amide bonds. The highest BCUT2D eigenvalue weighted by Gasteiger charge is 2.27. The predicted octanol–water partition coefficient (Wildman–Crippen LogP) is 4.82. The van der Waals surface area contributed by atoms with E-state index in [1.54, 1.807) is 35.3 Å². The summed E-state index contributed by atoms with van der Waals surface area (Å²) in [7, 11) is 1.85. The van der Waals surface area contributed by atoms with Crippen molar-refractivity contribution in [3.8, 4) is 11.5 Å². The van der Waals surface area contributed by atoms with Crippen LogP contribution in [0.25, 0.3) is 22.2 Å². The molecule has 10 nitrogen and oxygen atoms in total.